The summed E-state index contributed by atoms with van der Waals surface area (Å²) in [7, 11) is 1.71. The zero-order valence-electron chi connectivity index (χ0n) is 11.8. The van der Waals surface area contributed by atoms with Gasteiger partial charge in [-0.05, 0) is 56.3 Å². The van der Waals surface area contributed by atoms with Crippen molar-refractivity contribution in [3.63, 3.8) is 0 Å². The Morgan fingerprint density at radius 1 is 1.32 bits per heavy atom. The van der Waals surface area contributed by atoms with Crippen molar-refractivity contribution < 1.29 is 4.74 Å². The highest BCUT2D eigenvalue weighted by atomic mass is 35.5. The van der Waals surface area contributed by atoms with Crippen LogP contribution in [0.15, 0.2) is 24.3 Å². The van der Waals surface area contributed by atoms with Gasteiger partial charge in [0.1, 0.15) is 5.75 Å². The average molecular weight is 282 g/mol. The summed E-state index contributed by atoms with van der Waals surface area (Å²) in [6.45, 7) is 2.42. The third-order valence-corrected chi connectivity index (χ3v) is 4.28. The van der Waals surface area contributed by atoms with Gasteiger partial charge in [0.15, 0.2) is 0 Å². The number of ether oxygens (including phenoxy) is 1. The van der Waals surface area contributed by atoms with Crippen LogP contribution in [0.1, 0.15) is 31.2 Å². The van der Waals surface area contributed by atoms with Crippen LogP contribution in [0.3, 0.4) is 0 Å². The molecule has 0 aliphatic carbocycles. The molecule has 19 heavy (non-hydrogen) atoms. The summed E-state index contributed by atoms with van der Waals surface area (Å²) in [6.07, 6.45) is 6.22. The maximum Gasteiger partial charge on any atom is 0.118 e. The van der Waals surface area contributed by atoms with Crippen LogP contribution in [0.4, 0.5) is 0 Å². The van der Waals surface area contributed by atoms with Crippen LogP contribution in [0, 0.1) is 0 Å². The van der Waals surface area contributed by atoms with Crippen LogP contribution >= 0.6 is 11.6 Å². The van der Waals surface area contributed by atoms with E-state index in [9.17, 15) is 0 Å². The quantitative estimate of drug-likeness (QED) is 0.706. The Kier molecular flexibility index (Phi) is 5.99. The van der Waals surface area contributed by atoms with Gasteiger partial charge < -0.3 is 9.64 Å². The molecule has 1 unspecified atom stereocenters. The number of hydrogen-bond acceptors (Lipinski definition) is 2. The van der Waals surface area contributed by atoms with E-state index in [0.29, 0.717) is 0 Å². The van der Waals surface area contributed by atoms with Crippen LogP contribution in [0.5, 0.6) is 5.75 Å². The molecule has 1 aliphatic heterocycles. The molecule has 106 valence electrons. The number of halogens is 1. The van der Waals surface area contributed by atoms with Gasteiger partial charge in [0, 0.05) is 18.5 Å². The lowest BCUT2D eigenvalue weighted by Gasteiger charge is -2.24. The Bertz CT molecular complexity index is 366. The molecule has 0 bridgehead atoms. The predicted molar refractivity (Wildman–Crippen MR) is 81.2 cm³/mol. The first-order valence-corrected chi connectivity index (χ1v) is 7.80. The number of alkyl halides is 1. The van der Waals surface area contributed by atoms with Crippen molar-refractivity contribution in [1.29, 1.82) is 0 Å². The third-order valence-electron chi connectivity index (χ3n) is 4.02. The van der Waals surface area contributed by atoms with E-state index in [2.05, 4.69) is 17.0 Å². The molecule has 2 rings (SSSR count). The molecular weight excluding hydrogens is 258 g/mol. The molecule has 0 radical (unpaired) electrons. The second kappa shape index (κ2) is 7.76. The maximum atomic E-state index is 5.80. The SMILES string of the molecule is COc1ccc(CCN2CCCC2CCCCl)cc1. The zero-order valence-corrected chi connectivity index (χ0v) is 12.5. The largest absolute Gasteiger partial charge is 0.497 e. The van der Waals surface area contributed by atoms with Gasteiger partial charge in [-0.15, -0.1) is 11.6 Å². The molecule has 0 aromatic heterocycles. The minimum Gasteiger partial charge on any atom is -0.497 e. The number of rotatable bonds is 7. The topological polar surface area (TPSA) is 12.5 Å². The fraction of sp³-hybridized carbons (Fsp3) is 0.625. The summed E-state index contributed by atoms with van der Waals surface area (Å²) in [5, 5.41) is 0. The molecule has 1 aliphatic rings. The molecule has 1 aromatic rings. The Balaban J connectivity index is 1.80. The van der Waals surface area contributed by atoms with Gasteiger partial charge in [0.25, 0.3) is 0 Å². The molecule has 1 aromatic carbocycles. The van der Waals surface area contributed by atoms with Gasteiger partial charge in [0.2, 0.25) is 0 Å². The van der Waals surface area contributed by atoms with E-state index in [1.54, 1.807) is 7.11 Å². The minimum absolute atomic E-state index is 0.761. The van der Waals surface area contributed by atoms with E-state index >= 15 is 0 Å². The van der Waals surface area contributed by atoms with Crippen LogP contribution < -0.4 is 4.74 Å². The van der Waals surface area contributed by atoms with Crippen molar-refractivity contribution in [1.82, 2.24) is 4.90 Å². The maximum absolute atomic E-state index is 5.80. The van der Waals surface area contributed by atoms with Crippen molar-refractivity contribution in [2.45, 2.75) is 38.1 Å². The average Bonchev–Trinajstić information content (AvgIpc) is 2.91. The van der Waals surface area contributed by atoms with E-state index in [1.807, 2.05) is 12.1 Å². The van der Waals surface area contributed by atoms with E-state index < -0.39 is 0 Å². The molecule has 0 saturated carbocycles. The van der Waals surface area contributed by atoms with Crippen molar-refractivity contribution in [3.05, 3.63) is 29.8 Å². The highest BCUT2D eigenvalue weighted by Crippen LogP contribution is 2.22. The van der Waals surface area contributed by atoms with Gasteiger partial charge in [-0.3, -0.25) is 0 Å². The normalized spacial score (nSPS) is 19.8. The molecule has 1 heterocycles. The Labute approximate surface area is 121 Å². The van der Waals surface area contributed by atoms with E-state index in [0.717, 1.165) is 30.5 Å². The number of benzene rings is 1. The first kappa shape index (κ1) is 14.7. The molecule has 1 fully saturated rings. The van der Waals surface area contributed by atoms with Crippen molar-refractivity contribution in [2.24, 2.45) is 0 Å². The highest BCUT2D eigenvalue weighted by Gasteiger charge is 2.23. The van der Waals surface area contributed by atoms with E-state index in [1.165, 1.54) is 37.9 Å². The Morgan fingerprint density at radius 2 is 2.11 bits per heavy atom. The summed E-state index contributed by atoms with van der Waals surface area (Å²) in [6, 6.07) is 9.19. The number of likely N-dealkylation sites (tertiary alicyclic amines) is 1. The van der Waals surface area contributed by atoms with Crippen molar-refractivity contribution >= 4 is 11.6 Å². The van der Waals surface area contributed by atoms with E-state index in [-0.39, 0.29) is 0 Å². The lowest BCUT2D eigenvalue weighted by atomic mass is 10.1. The number of methoxy groups -OCH3 is 1. The minimum atomic E-state index is 0.761. The molecule has 0 spiro atoms. The van der Waals surface area contributed by atoms with Crippen LogP contribution in [-0.4, -0.2) is 37.0 Å². The van der Waals surface area contributed by atoms with Gasteiger partial charge in [-0.1, -0.05) is 12.1 Å². The molecule has 0 N–H and O–H groups in total. The third kappa shape index (κ3) is 4.39. The predicted octanol–water partition coefficient (Wildman–Crippen LogP) is 3.72. The van der Waals surface area contributed by atoms with Crippen LogP contribution in [0.2, 0.25) is 0 Å². The van der Waals surface area contributed by atoms with Gasteiger partial charge in [0.05, 0.1) is 7.11 Å². The summed E-state index contributed by atoms with van der Waals surface area (Å²) >= 11 is 5.80. The lowest BCUT2D eigenvalue weighted by Crippen LogP contribution is -2.31. The first-order valence-electron chi connectivity index (χ1n) is 7.26. The molecule has 2 nitrogen and oxygen atoms in total. The smallest absolute Gasteiger partial charge is 0.118 e. The second-order valence-electron chi connectivity index (χ2n) is 5.26. The van der Waals surface area contributed by atoms with Crippen molar-refractivity contribution in [2.75, 3.05) is 26.1 Å². The first-order chi connectivity index (χ1) is 9.33. The van der Waals surface area contributed by atoms with Gasteiger partial charge in [-0.2, -0.15) is 0 Å². The summed E-state index contributed by atoms with van der Waals surface area (Å²) in [5.41, 5.74) is 1.39. The monoisotopic (exact) mass is 281 g/mol. The summed E-state index contributed by atoms with van der Waals surface area (Å²) < 4.78 is 5.19. The van der Waals surface area contributed by atoms with Crippen LogP contribution in [-0.2, 0) is 6.42 Å². The fourth-order valence-corrected chi connectivity index (χ4v) is 3.05. The molecule has 3 heteroatoms. The van der Waals surface area contributed by atoms with E-state index in [4.69, 9.17) is 16.3 Å². The molecular formula is C16H24ClNO. The fourth-order valence-electron chi connectivity index (χ4n) is 2.89. The Hall–Kier alpha value is -0.730. The molecule has 1 atom stereocenters. The second-order valence-corrected chi connectivity index (χ2v) is 5.64. The van der Waals surface area contributed by atoms with Crippen LogP contribution in [0.25, 0.3) is 0 Å². The lowest BCUT2D eigenvalue weighted by molar-refractivity contribution is 0.245. The van der Waals surface area contributed by atoms with Crippen molar-refractivity contribution in [3.8, 4) is 5.75 Å². The zero-order chi connectivity index (χ0) is 13.5. The standard InChI is InChI=1S/C16H24ClNO/c1-19-16-8-6-14(7-9-16)10-13-18-12-3-5-15(18)4-2-11-17/h6-9,15H,2-5,10-13H2,1H3. The van der Waals surface area contributed by atoms with Gasteiger partial charge >= 0.3 is 0 Å². The summed E-state index contributed by atoms with van der Waals surface area (Å²) in [5.74, 6) is 1.73. The van der Waals surface area contributed by atoms with Gasteiger partial charge in [-0.25, -0.2) is 0 Å². The highest BCUT2D eigenvalue weighted by molar-refractivity contribution is 6.17. The number of hydrogen-bond donors (Lipinski definition) is 0. The number of nitrogens with zero attached hydrogens (tertiary/aromatic N) is 1. The molecule has 1 saturated heterocycles. The molecule has 0 amide bonds. The Morgan fingerprint density at radius 3 is 2.79 bits per heavy atom. The summed E-state index contributed by atoms with van der Waals surface area (Å²) in [4.78, 5) is 2.64.